The third-order valence-electron chi connectivity index (χ3n) is 4.74. The van der Waals surface area contributed by atoms with Crippen LogP contribution in [0.4, 0.5) is 4.39 Å². The second-order valence-electron chi connectivity index (χ2n) is 6.59. The van der Waals surface area contributed by atoms with Gasteiger partial charge in [0, 0.05) is 6.20 Å². The standard InChI is InChI=1S/C21H24FNO3/c1-2-25-21(24)17-13-19(22)20(23-14-17)26-18-11-9-16(10-12-18)15-7-5-3-4-6-8-15/h9-15H,2-8H2,1H3. The van der Waals surface area contributed by atoms with E-state index < -0.39 is 11.8 Å². The van der Waals surface area contributed by atoms with E-state index in [1.165, 1.54) is 50.3 Å². The summed E-state index contributed by atoms with van der Waals surface area (Å²) in [6.45, 7) is 1.92. The molecular weight excluding hydrogens is 333 g/mol. The molecule has 138 valence electrons. The number of carbonyl (C=O) groups excluding carboxylic acids is 1. The fourth-order valence-corrected chi connectivity index (χ4v) is 3.36. The van der Waals surface area contributed by atoms with Gasteiger partial charge in [0.2, 0.25) is 0 Å². The average Bonchev–Trinajstić information content (AvgIpc) is 2.93. The topological polar surface area (TPSA) is 48.4 Å². The van der Waals surface area contributed by atoms with Crippen LogP contribution in [0, 0.1) is 5.82 Å². The zero-order valence-electron chi connectivity index (χ0n) is 15.0. The Balaban J connectivity index is 1.68. The Labute approximate surface area is 153 Å². The minimum atomic E-state index is -0.691. The van der Waals surface area contributed by atoms with Crippen molar-refractivity contribution in [3.05, 3.63) is 53.5 Å². The van der Waals surface area contributed by atoms with Crippen LogP contribution in [0.15, 0.2) is 36.5 Å². The van der Waals surface area contributed by atoms with E-state index in [-0.39, 0.29) is 18.1 Å². The van der Waals surface area contributed by atoms with Crippen molar-refractivity contribution in [1.82, 2.24) is 4.98 Å². The van der Waals surface area contributed by atoms with Crippen LogP contribution >= 0.6 is 0 Å². The van der Waals surface area contributed by atoms with Gasteiger partial charge >= 0.3 is 5.97 Å². The first kappa shape index (κ1) is 18.4. The van der Waals surface area contributed by atoms with Gasteiger partial charge in [-0.2, -0.15) is 0 Å². The van der Waals surface area contributed by atoms with Crippen LogP contribution in [0.5, 0.6) is 11.6 Å². The van der Waals surface area contributed by atoms with Gasteiger partial charge in [-0.3, -0.25) is 0 Å². The maximum atomic E-state index is 14.2. The summed E-state index contributed by atoms with van der Waals surface area (Å²) < 4.78 is 24.5. The molecule has 26 heavy (non-hydrogen) atoms. The van der Waals surface area contributed by atoms with E-state index in [1.807, 2.05) is 12.1 Å². The van der Waals surface area contributed by atoms with Crippen molar-refractivity contribution < 1.29 is 18.7 Å². The zero-order chi connectivity index (χ0) is 18.4. The van der Waals surface area contributed by atoms with Crippen LogP contribution in [0.3, 0.4) is 0 Å². The van der Waals surface area contributed by atoms with E-state index in [0.29, 0.717) is 11.7 Å². The normalized spacial score (nSPS) is 15.3. The molecule has 0 atom stereocenters. The summed E-state index contributed by atoms with van der Waals surface area (Å²) in [5, 5.41) is 0. The summed E-state index contributed by atoms with van der Waals surface area (Å²) in [6, 6.07) is 8.88. The van der Waals surface area contributed by atoms with Gasteiger partial charge in [0.25, 0.3) is 5.88 Å². The monoisotopic (exact) mass is 357 g/mol. The molecule has 1 aliphatic rings. The number of halogens is 1. The van der Waals surface area contributed by atoms with E-state index in [4.69, 9.17) is 9.47 Å². The van der Waals surface area contributed by atoms with Crippen molar-refractivity contribution in [2.24, 2.45) is 0 Å². The molecule has 0 N–H and O–H groups in total. The van der Waals surface area contributed by atoms with E-state index in [0.717, 1.165) is 6.07 Å². The second kappa shape index (κ2) is 8.79. The predicted molar refractivity (Wildman–Crippen MR) is 97.1 cm³/mol. The van der Waals surface area contributed by atoms with Gasteiger partial charge in [0.1, 0.15) is 5.75 Å². The molecule has 1 heterocycles. The molecule has 0 unspecified atom stereocenters. The lowest BCUT2D eigenvalue weighted by Gasteiger charge is -2.15. The molecule has 5 heteroatoms. The lowest BCUT2D eigenvalue weighted by Crippen LogP contribution is -2.06. The van der Waals surface area contributed by atoms with E-state index in [9.17, 15) is 9.18 Å². The molecule has 1 aromatic heterocycles. The van der Waals surface area contributed by atoms with Gasteiger partial charge in [0.05, 0.1) is 12.2 Å². The summed E-state index contributed by atoms with van der Waals surface area (Å²) in [5.74, 6) is -0.315. The van der Waals surface area contributed by atoms with Crippen LogP contribution in [-0.2, 0) is 4.74 Å². The maximum absolute atomic E-state index is 14.2. The third kappa shape index (κ3) is 4.59. The molecule has 1 aliphatic carbocycles. The second-order valence-corrected chi connectivity index (χ2v) is 6.59. The summed E-state index contributed by atoms with van der Waals surface area (Å²) in [7, 11) is 0. The molecule has 3 rings (SSSR count). The number of pyridine rings is 1. The first-order valence-corrected chi connectivity index (χ1v) is 9.28. The maximum Gasteiger partial charge on any atom is 0.339 e. The lowest BCUT2D eigenvalue weighted by atomic mass is 9.92. The summed E-state index contributed by atoms with van der Waals surface area (Å²) in [4.78, 5) is 15.5. The molecule has 0 saturated heterocycles. The van der Waals surface area contributed by atoms with Crippen molar-refractivity contribution in [2.75, 3.05) is 6.61 Å². The van der Waals surface area contributed by atoms with Crippen molar-refractivity contribution in [2.45, 2.75) is 51.4 Å². The number of benzene rings is 1. The highest BCUT2D eigenvalue weighted by atomic mass is 19.1. The molecule has 4 nitrogen and oxygen atoms in total. The lowest BCUT2D eigenvalue weighted by molar-refractivity contribution is 0.0525. The van der Waals surface area contributed by atoms with Gasteiger partial charge in [-0.15, -0.1) is 0 Å². The van der Waals surface area contributed by atoms with E-state index >= 15 is 0 Å². The fraction of sp³-hybridized carbons (Fsp3) is 0.429. The fourth-order valence-electron chi connectivity index (χ4n) is 3.36. The van der Waals surface area contributed by atoms with Gasteiger partial charge in [-0.05, 0) is 49.4 Å². The average molecular weight is 357 g/mol. The molecule has 0 spiro atoms. The molecule has 0 radical (unpaired) electrons. The number of hydrogen-bond donors (Lipinski definition) is 0. The molecule has 0 amide bonds. The Hall–Kier alpha value is -2.43. The number of aromatic nitrogens is 1. The molecule has 1 saturated carbocycles. The third-order valence-corrected chi connectivity index (χ3v) is 4.74. The minimum Gasteiger partial charge on any atom is -0.462 e. The molecule has 0 aliphatic heterocycles. The highest BCUT2D eigenvalue weighted by molar-refractivity contribution is 5.89. The number of rotatable bonds is 5. The van der Waals surface area contributed by atoms with Crippen molar-refractivity contribution in [1.29, 1.82) is 0 Å². The first-order chi connectivity index (χ1) is 12.7. The van der Waals surface area contributed by atoms with Crippen molar-refractivity contribution in [3.8, 4) is 11.6 Å². The quantitative estimate of drug-likeness (QED) is 0.514. The van der Waals surface area contributed by atoms with E-state index in [1.54, 1.807) is 6.92 Å². The Bertz CT molecular complexity index is 737. The van der Waals surface area contributed by atoms with Gasteiger partial charge < -0.3 is 9.47 Å². The van der Waals surface area contributed by atoms with E-state index in [2.05, 4.69) is 17.1 Å². The molecule has 2 aromatic rings. The summed E-state index contributed by atoms with van der Waals surface area (Å²) in [5.41, 5.74) is 1.38. The van der Waals surface area contributed by atoms with Crippen LogP contribution in [0.1, 0.15) is 67.3 Å². The van der Waals surface area contributed by atoms with Crippen LogP contribution in [-0.4, -0.2) is 17.6 Å². The highest BCUT2D eigenvalue weighted by Crippen LogP contribution is 2.33. The highest BCUT2D eigenvalue weighted by Gasteiger charge is 2.16. The van der Waals surface area contributed by atoms with Gasteiger partial charge in [-0.25, -0.2) is 14.2 Å². The Kier molecular flexibility index (Phi) is 6.21. The number of esters is 1. The molecular formula is C21H24FNO3. The summed E-state index contributed by atoms with van der Waals surface area (Å²) >= 11 is 0. The number of hydrogen-bond acceptors (Lipinski definition) is 4. The molecule has 1 fully saturated rings. The Morgan fingerprint density at radius 2 is 1.85 bits per heavy atom. The number of carbonyl (C=O) groups is 1. The van der Waals surface area contributed by atoms with Gasteiger partial charge in [-0.1, -0.05) is 37.8 Å². The van der Waals surface area contributed by atoms with Crippen molar-refractivity contribution >= 4 is 5.97 Å². The first-order valence-electron chi connectivity index (χ1n) is 9.28. The summed E-state index contributed by atoms with van der Waals surface area (Å²) in [6.07, 6.45) is 8.93. The predicted octanol–water partition coefficient (Wildman–Crippen LogP) is 5.63. The van der Waals surface area contributed by atoms with Crippen molar-refractivity contribution in [3.63, 3.8) is 0 Å². The number of nitrogens with zero attached hydrogens (tertiary/aromatic N) is 1. The Morgan fingerprint density at radius 1 is 1.15 bits per heavy atom. The molecule has 0 bridgehead atoms. The van der Waals surface area contributed by atoms with Crippen LogP contribution in [0.2, 0.25) is 0 Å². The Morgan fingerprint density at radius 3 is 2.46 bits per heavy atom. The minimum absolute atomic E-state index is 0.0698. The molecule has 1 aromatic carbocycles. The van der Waals surface area contributed by atoms with Gasteiger partial charge in [0.15, 0.2) is 5.82 Å². The SMILES string of the molecule is CCOC(=O)c1cnc(Oc2ccc(C3CCCCCC3)cc2)c(F)c1. The smallest absolute Gasteiger partial charge is 0.339 e. The number of ether oxygens (including phenoxy) is 2. The van der Waals surface area contributed by atoms with Crippen LogP contribution in [0.25, 0.3) is 0 Å². The van der Waals surface area contributed by atoms with Crippen LogP contribution < -0.4 is 4.74 Å². The zero-order valence-corrected chi connectivity index (χ0v) is 15.0. The largest absolute Gasteiger partial charge is 0.462 e.